The number of halogens is 1. The van der Waals surface area contributed by atoms with Gasteiger partial charge in [-0.1, -0.05) is 24.6 Å². The first-order valence-corrected chi connectivity index (χ1v) is 9.84. The lowest BCUT2D eigenvalue weighted by Crippen LogP contribution is -2.35. The predicted octanol–water partition coefficient (Wildman–Crippen LogP) is 3.10. The van der Waals surface area contributed by atoms with Crippen molar-refractivity contribution in [3.63, 3.8) is 0 Å². The molecule has 1 aliphatic carbocycles. The number of ether oxygens (including phenoxy) is 1. The van der Waals surface area contributed by atoms with Crippen LogP contribution in [0.2, 0.25) is 5.02 Å². The van der Waals surface area contributed by atoms with Crippen molar-refractivity contribution >= 4 is 27.6 Å². The molecule has 0 heterocycles. The molecule has 0 saturated carbocycles. The molecule has 0 saturated heterocycles. The van der Waals surface area contributed by atoms with Gasteiger partial charge < -0.3 is 4.74 Å². The van der Waals surface area contributed by atoms with E-state index in [4.69, 9.17) is 16.3 Å². The Bertz CT molecular complexity index is 894. The van der Waals surface area contributed by atoms with E-state index in [-0.39, 0.29) is 16.9 Å². The van der Waals surface area contributed by atoms with Crippen molar-refractivity contribution in [3.8, 4) is 5.75 Å². The Balaban J connectivity index is 1.71. The standard InChI is InChI=1S/C18H18ClNO4S/c1-2-18(21)24-16-6-3-12-9-15(10-13(12)11-16)20-25(22,23)17-7-4-14(19)5-8-17/h3-8,11,15,20H,2,9-10H2,1H3. The van der Waals surface area contributed by atoms with Gasteiger partial charge in [-0.3, -0.25) is 4.79 Å². The molecule has 0 amide bonds. The van der Waals surface area contributed by atoms with Crippen molar-refractivity contribution < 1.29 is 17.9 Å². The first-order valence-electron chi connectivity index (χ1n) is 7.98. The maximum atomic E-state index is 12.5. The van der Waals surface area contributed by atoms with Crippen LogP contribution in [0.3, 0.4) is 0 Å². The smallest absolute Gasteiger partial charge is 0.310 e. The minimum atomic E-state index is -3.61. The molecule has 1 unspecified atom stereocenters. The fraction of sp³-hybridized carbons (Fsp3) is 0.278. The molecule has 2 aromatic rings. The molecule has 25 heavy (non-hydrogen) atoms. The zero-order valence-electron chi connectivity index (χ0n) is 13.7. The van der Waals surface area contributed by atoms with Crippen molar-refractivity contribution in [1.82, 2.24) is 4.72 Å². The van der Waals surface area contributed by atoms with Crippen LogP contribution in [0.5, 0.6) is 5.75 Å². The Morgan fingerprint density at radius 3 is 2.52 bits per heavy atom. The van der Waals surface area contributed by atoms with Crippen LogP contribution in [0.15, 0.2) is 47.4 Å². The van der Waals surface area contributed by atoms with Crippen molar-refractivity contribution in [2.24, 2.45) is 0 Å². The molecule has 0 radical (unpaired) electrons. The molecule has 132 valence electrons. The molecule has 0 aromatic heterocycles. The van der Waals surface area contributed by atoms with Gasteiger partial charge in [0.25, 0.3) is 0 Å². The number of carbonyl (C=O) groups is 1. The maximum absolute atomic E-state index is 12.5. The highest BCUT2D eigenvalue weighted by Crippen LogP contribution is 2.27. The van der Waals surface area contributed by atoms with Crippen LogP contribution in [0.1, 0.15) is 24.5 Å². The van der Waals surface area contributed by atoms with Gasteiger partial charge in [0, 0.05) is 17.5 Å². The van der Waals surface area contributed by atoms with Crippen molar-refractivity contribution in [2.75, 3.05) is 0 Å². The Morgan fingerprint density at radius 2 is 1.84 bits per heavy atom. The second kappa shape index (κ2) is 7.15. The van der Waals surface area contributed by atoms with Crippen LogP contribution in [0, 0.1) is 0 Å². The lowest BCUT2D eigenvalue weighted by Gasteiger charge is -2.12. The van der Waals surface area contributed by atoms with Gasteiger partial charge in [0.1, 0.15) is 5.75 Å². The number of esters is 1. The number of nitrogens with one attached hydrogen (secondary N) is 1. The summed E-state index contributed by atoms with van der Waals surface area (Å²) < 4.78 is 32.9. The number of benzene rings is 2. The van der Waals surface area contributed by atoms with E-state index in [1.165, 1.54) is 12.1 Å². The molecule has 3 rings (SSSR count). The molecule has 0 aliphatic heterocycles. The van der Waals surface area contributed by atoms with Crippen molar-refractivity contribution in [1.29, 1.82) is 0 Å². The average molecular weight is 380 g/mol. The second-order valence-corrected chi connectivity index (χ2v) is 8.09. The Morgan fingerprint density at radius 1 is 1.16 bits per heavy atom. The molecule has 1 atom stereocenters. The zero-order valence-corrected chi connectivity index (χ0v) is 15.2. The monoisotopic (exact) mass is 379 g/mol. The summed E-state index contributed by atoms with van der Waals surface area (Å²) in [6.45, 7) is 1.73. The lowest BCUT2D eigenvalue weighted by molar-refractivity contribution is -0.134. The molecular formula is C18H18ClNO4S. The molecule has 1 aliphatic rings. The number of fused-ring (bicyclic) bond motifs is 1. The summed E-state index contributed by atoms with van der Waals surface area (Å²) in [5.41, 5.74) is 2.05. The highest BCUT2D eigenvalue weighted by atomic mass is 35.5. The fourth-order valence-corrected chi connectivity index (χ4v) is 4.21. The normalized spacial score (nSPS) is 16.5. The molecule has 0 bridgehead atoms. The number of hydrogen-bond donors (Lipinski definition) is 1. The summed E-state index contributed by atoms with van der Waals surface area (Å²) in [5.74, 6) is 0.199. The van der Waals surface area contributed by atoms with Crippen LogP contribution in [-0.2, 0) is 27.7 Å². The third-order valence-corrected chi connectivity index (χ3v) is 5.86. The summed E-state index contributed by atoms with van der Waals surface area (Å²) in [4.78, 5) is 11.6. The first-order chi connectivity index (χ1) is 11.9. The van der Waals surface area contributed by atoms with E-state index in [0.717, 1.165) is 11.1 Å². The van der Waals surface area contributed by atoms with E-state index in [0.29, 0.717) is 30.0 Å². The Kier molecular flexibility index (Phi) is 5.13. The molecule has 5 nitrogen and oxygen atoms in total. The first kappa shape index (κ1) is 17.9. The molecule has 0 spiro atoms. The zero-order chi connectivity index (χ0) is 18.0. The minimum Gasteiger partial charge on any atom is -0.427 e. The number of carbonyl (C=O) groups excluding carboxylic acids is 1. The average Bonchev–Trinajstić information content (AvgIpc) is 2.95. The van der Waals surface area contributed by atoms with Crippen LogP contribution >= 0.6 is 11.6 Å². The number of rotatable bonds is 5. The van der Waals surface area contributed by atoms with Crippen LogP contribution in [0.4, 0.5) is 0 Å². The quantitative estimate of drug-likeness (QED) is 0.640. The van der Waals surface area contributed by atoms with E-state index in [2.05, 4.69) is 4.72 Å². The van der Waals surface area contributed by atoms with Crippen molar-refractivity contribution in [3.05, 3.63) is 58.6 Å². The van der Waals surface area contributed by atoms with E-state index in [1.54, 1.807) is 31.2 Å². The van der Waals surface area contributed by atoms with Crippen LogP contribution < -0.4 is 9.46 Å². The largest absolute Gasteiger partial charge is 0.427 e. The summed E-state index contributed by atoms with van der Waals surface area (Å²) >= 11 is 5.80. The van der Waals surface area contributed by atoms with E-state index in [9.17, 15) is 13.2 Å². The summed E-state index contributed by atoms with van der Waals surface area (Å²) in [7, 11) is -3.61. The third kappa shape index (κ3) is 4.21. The maximum Gasteiger partial charge on any atom is 0.310 e. The summed E-state index contributed by atoms with van der Waals surface area (Å²) in [5, 5.41) is 0.487. The molecule has 2 aromatic carbocycles. The van der Waals surface area contributed by atoms with Crippen LogP contribution in [0.25, 0.3) is 0 Å². The number of hydrogen-bond acceptors (Lipinski definition) is 4. The molecule has 0 fully saturated rings. The Labute approximate surface area is 152 Å². The lowest BCUT2D eigenvalue weighted by atomic mass is 10.1. The van der Waals surface area contributed by atoms with Gasteiger partial charge in [-0.15, -0.1) is 0 Å². The minimum absolute atomic E-state index is 0.186. The molecule has 7 heteroatoms. The molecule has 1 N–H and O–H groups in total. The fourth-order valence-electron chi connectivity index (χ4n) is 2.85. The van der Waals surface area contributed by atoms with Crippen molar-refractivity contribution in [2.45, 2.75) is 37.1 Å². The SMILES string of the molecule is CCC(=O)Oc1ccc2c(c1)CC(NS(=O)(=O)c1ccc(Cl)cc1)C2. The van der Waals surface area contributed by atoms with Gasteiger partial charge in [-0.25, -0.2) is 13.1 Å². The van der Waals surface area contributed by atoms with E-state index < -0.39 is 10.0 Å². The highest BCUT2D eigenvalue weighted by Gasteiger charge is 2.27. The summed E-state index contributed by atoms with van der Waals surface area (Å²) in [6.07, 6.45) is 1.46. The van der Waals surface area contributed by atoms with Gasteiger partial charge in [-0.2, -0.15) is 0 Å². The number of sulfonamides is 1. The van der Waals surface area contributed by atoms with Gasteiger partial charge in [0.2, 0.25) is 10.0 Å². The third-order valence-electron chi connectivity index (χ3n) is 4.08. The predicted molar refractivity (Wildman–Crippen MR) is 95.3 cm³/mol. The van der Waals surface area contributed by atoms with Gasteiger partial charge in [0.05, 0.1) is 4.90 Å². The topological polar surface area (TPSA) is 72.5 Å². The van der Waals surface area contributed by atoms with E-state index in [1.807, 2.05) is 6.07 Å². The Hall–Kier alpha value is -1.89. The molecular weight excluding hydrogens is 362 g/mol. The van der Waals surface area contributed by atoms with Gasteiger partial charge in [0.15, 0.2) is 0 Å². The van der Waals surface area contributed by atoms with Gasteiger partial charge in [-0.05, 0) is 60.4 Å². The van der Waals surface area contributed by atoms with Crippen LogP contribution in [-0.4, -0.2) is 20.4 Å². The summed E-state index contributed by atoms with van der Waals surface area (Å²) in [6, 6.07) is 11.3. The van der Waals surface area contributed by atoms with E-state index >= 15 is 0 Å². The van der Waals surface area contributed by atoms with Gasteiger partial charge >= 0.3 is 5.97 Å². The highest BCUT2D eigenvalue weighted by molar-refractivity contribution is 7.89. The second-order valence-electron chi connectivity index (χ2n) is 5.94.